The third kappa shape index (κ3) is 2.57. The van der Waals surface area contributed by atoms with Crippen molar-refractivity contribution in [1.82, 2.24) is 4.98 Å². The molecule has 1 heterocycles. The summed E-state index contributed by atoms with van der Waals surface area (Å²) < 4.78 is 21.9. The molecule has 13 heavy (non-hydrogen) atoms. The van der Waals surface area contributed by atoms with Crippen molar-refractivity contribution in [3.63, 3.8) is 0 Å². The van der Waals surface area contributed by atoms with Crippen LogP contribution in [-0.4, -0.2) is 27.5 Å². The molecule has 0 aliphatic rings. The van der Waals surface area contributed by atoms with Crippen molar-refractivity contribution in [1.29, 1.82) is 0 Å². The van der Waals surface area contributed by atoms with E-state index in [2.05, 4.69) is 4.98 Å². The largest absolute Gasteiger partial charge is 0.363 e. The zero-order chi connectivity index (χ0) is 10.1. The van der Waals surface area contributed by atoms with E-state index in [1.165, 1.54) is 18.3 Å². The summed E-state index contributed by atoms with van der Waals surface area (Å²) in [6.45, 7) is 0. The van der Waals surface area contributed by atoms with Crippen molar-refractivity contribution in [2.75, 3.05) is 19.0 Å². The van der Waals surface area contributed by atoms with Gasteiger partial charge in [0.2, 0.25) is 0 Å². The molecular formula is C7H9ClN2O2S. The molecular weight excluding hydrogens is 212 g/mol. The molecule has 0 unspecified atom stereocenters. The molecule has 0 aliphatic heterocycles. The summed E-state index contributed by atoms with van der Waals surface area (Å²) in [4.78, 5) is 5.72. The van der Waals surface area contributed by atoms with E-state index in [4.69, 9.17) is 10.7 Å². The van der Waals surface area contributed by atoms with Crippen LogP contribution in [0, 0.1) is 0 Å². The van der Waals surface area contributed by atoms with Crippen LogP contribution in [0.2, 0.25) is 0 Å². The molecule has 0 atom stereocenters. The molecule has 0 saturated heterocycles. The molecule has 0 amide bonds. The first-order chi connectivity index (χ1) is 5.91. The smallest absolute Gasteiger partial charge is 0.261 e. The average Bonchev–Trinajstić information content (AvgIpc) is 2.03. The van der Waals surface area contributed by atoms with Crippen molar-refractivity contribution in [3.8, 4) is 0 Å². The van der Waals surface area contributed by atoms with Gasteiger partial charge in [0.25, 0.3) is 9.05 Å². The van der Waals surface area contributed by atoms with Gasteiger partial charge in [-0.2, -0.15) is 0 Å². The number of nitrogens with zero attached hydrogens (tertiary/aromatic N) is 2. The van der Waals surface area contributed by atoms with Gasteiger partial charge in [0.15, 0.2) is 0 Å². The summed E-state index contributed by atoms with van der Waals surface area (Å²) in [6.07, 6.45) is 1.41. The molecule has 0 saturated carbocycles. The van der Waals surface area contributed by atoms with Gasteiger partial charge in [0.05, 0.1) is 4.90 Å². The highest BCUT2D eigenvalue weighted by Gasteiger charge is 2.10. The van der Waals surface area contributed by atoms with Crippen LogP contribution in [-0.2, 0) is 9.05 Å². The summed E-state index contributed by atoms with van der Waals surface area (Å²) in [5, 5.41) is 0. The number of hydrogen-bond acceptors (Lipinski definition) is 4. The Morgan fingerprint density at radius 1 is 1.46 bits per heavy atom. The van der Waals surface area contributed by atoms with Gasteiger partial charge >= 0.3 is 0 Å². The van der Waals surface area contributed by atoms with Crippen molar-refractivity contribution in [3.05, 3.63) is 18.3 Å². The van der Waals surface area contributed by atoms with Gasteiger partial charge in [0.1, 0.15) is 5.82 Å². The van der Waals surface area contributed by atoms with Gasteiger partial charge in [-0.3, -0.25) is 0 Å². The normalized spacial score (nSPS) is 11.3. The minimum absolute atomic E-state index is 0.0628. The molecule has 1 aromatic heterocycles. The molecule has 6 heteroatoms. The highest BCUT2D eigenvalue weighted by Crippen LogP contribution is 2.17. The summed E-state index contributed by atoms with van der Waals surface area (Å²) >= 11 is 0. The lowest BCUT2D eigenvalue weighted by Crippen LogP contribution is -2.10. The maximum absolute atomic E-state index is 10.9. The molecule has 0 spiro atoms. The predicted molar refractivity (Wildman–Crippen MR) is 51.6 cm³/mol. The van der Waals surface area contributed by atoms with E-state index >= 15 is 0 Å². The van der Waals surface area contributed by atoms with Crippen LogP contribution in [0.1, 0.15) is 0 Å². The van der Waals surface area contributed by atoms with Crippen molar-refractivity contribution >= 4 is 25.6 Å². The Bertz CT molecular complexity index is 403. The summed E-state index contributed by atoms with van der Waals surface area (Å²) in [6, 6.07) is 2.78. The SMILES string of the molecule is CN(C)c1cc(S(=O)(=O)Cl)ccn1. The van der Waals surface area contributed by atoms with E-state index in [1.807, 2.05) is 0 Å². The van der Waals surface area contributed by atoms with E-state index in [1.54, 1.807) is 19.0 Å². The van der Waals surface area contributed by atoms with Crippen molar-refractivity contribution in [2.45, 2.75) is 4.90 Å². The molecule has 0 aromatic carbocycles. The Morgan fingerprint density at radius 2 is 2.08 bits per heavy atom. The third-order valence-corrected chi connectivity index (χ3v) is 2.81. The molecule has 0 bridgehead atoms. The summed E-state index contributed by atoms with van der Waals surface area (Å²) in [7, 11) is 5.05. The second-order valence-corrected chi connectivity index (χ2v) is 5.25. The minimum Gasteiger partial charge on any atom is -0.363 e. The summed E-state index contributed by atoms with van der Waals surface area (Å²) in [5.41, 5.74) is 0. The molecule has 1 rings (SSSR count). The monoisotopic (exact) mass is 220 g/mol. The van der Waals surface area contributed by atoms with Gasteiger partial charge in [-0.1, -0.05) is 0 Å². The first-order valence-electron chi connectivity index (χ1n) is 3.49. The highest BCUT2D eigenvalue weighted by atomic mass is 35.7. The Balaban J connectivity index is 3.21. The van der Waals surface area contributed by atoms with Crippen LogP contribution < -0.4 is 4.90 Å². The first kappa shape index (κ1) is 10.3. The second-order valence-electron chi connectivity index (χ2n) is 2.68. The van der Waals surface area contributed by atoms with Gasteiger partial charge in [-0.05, 0) is 6.07 Å². The number of pyridine rings is 1. The Kier molecular flexibility index (Phi) is 2.77. The number of aromatic nitrogens is 1. The number of hydrogen-bond donors (Lipinski definition) is 0. The highest BCUT2D eigenvalue weighted by molar-refractivity contribution is 8.13. The van der Waals surface area contributed by atoms with Crippen LogP contribution in [0.4, 0.5) is 5.82 Å². The predicted octanol–water partition coefficient (Wildman–Crippen LogP) is 1.08. The van der Waals surface area contributed by atoms with E-state index < -0.39 is 9.05 Å². The van der Waals surface area contributed by atoms with Crippen molar-refractivity contribution in [2.24, 2.45) is 0 Å². The number of halogens is 1. The Morgan fingerprint density at radius 3 is 2.54 bits per heavy atom. The van der Waals surface area contributed by atoms with E-state index in [-0.39, 0.29) is 4.90 Å². The Labute approximate surface area is 81.6 Å². The van der Waals surface area contributed by atoms with Crippen LogP contribution in [0.3, 0.4) is 0 Å². The molecule has 0 aliphatic carbocycles. The van der Waals surface area contributed by atoms with Crippen LogP contribution in [0.5, 0.6) is 0 Å². The van der Waals surface area contributed by atoms with Gasteiger partial charge in [-0.15, -0.1) is 0 Å². The maximum atomic E-state index is 10.9. The zero-order valence-corrected chi connectivity index (χ0v) is 8.80. The maximum Gasteiger partial charge on any atom is 0.261 e. The third-order valence-electron chi connectivity index (χ3n) is 1.46. The molecule has 0 fully saturated rings. The standard InChI is InChI=1S/C7H9ClN2O2S/c1-10(2)7-5-6(3-4-9-7)13(8,11)12/h3-5H,1-2H3. The molecule has 0 radical (unpaired) electrons. The first-order valence-corrected chi connectivity index (χ1v) is 5.80. The van der Waals surface area contributed by atoms with Crippen LogP contribution >= 0.6 is 10.7 Å². The lowest BCUT2D eigenvalue weighted by molar-refractivity contribution is 0.609. The molecule has 72 valence electrons. The molecule has 4 nitrogen and oxygen atoms in total. The number of anilines is 1. The lowest BCUT2D eigenvalue weighted by Gasteiger charge is -2.10. The van der Waals surface area contributed by atoms with Gasteiger partial charge < -0.3 is 4.90 Å². The molecule has 0 N–H and O–H groups in total. The lowest BCUT2D eigenvalue weighted by atomic mass is 10.4. The van der Waals surface area contributed by atoms with Gasteiger partial charge in [0, 0.05) is 37.0 Å². The van der Waals surface area contributed by atoms with Gasteiger partial charge in [-0.25, -0.2) is 13.4 Å². The van der Waals surface area contributed by atoms with Crippen LogP contribution in [0.25, 0.3) is 0 Å². The summed E-state index contributed by atoms with van der Waals surface area (Å²) in [5.74, 6) is 0.557. The van der Waals surface area contributed by atoms with E-state index in [0.29, 0.717) is 5.82 Å². The number of rotatable bonds is 2. The van der Waals surface area contributed by atoms with E-state index in [9.17, 15) is 8.42 Å². The zero-order valence-electron chi connectivity index (χ0n) is 7.23. The average molecular weight is 221 g/mol. The minimum atomic E-state index is -3.65. The fraction of sp³-hybridized carbons (Fsp3) is 0.286. The quantitative estimate of drug-likeness (QED) is 0.700. The fourth-order valence-corrected chi connectivity index (χ4v) is 1.55. The Hall–Kier alpha value is -0.810. The second kappa shape index (κ2) is 3.51. The van der Waals surface area contributed by atoms with Crippen molar-refractivity contribution < 1.29 is 8.42 Å². The van der Waals surface area contributed by atoms with E-state index in [0.717, 1.165) is 0 Å². The molecule has 1 aromatic rings. The van der Waals surface area contributed by atoms with Crippen LogP contribution in [0.15, 0.2) is 23.2 Å². The fourth-order valence-electron chi connectivity index (χ4n) is 0.796. The topological polar surface area (TPSA) is 50.3 Å².